The largest absolute Gasteiger partial charge is 0.494 e. The van der Waals surface area contributed by atoms with Crippen molar-refractivity contribution in [2.24, 2.45) is 10.9 Å². The third kappa shape index (κ3) is 9.49. The molecule has 2 aromatic carbocycles. The van der Waals surface area contributed by atoms with Gasteiger partial charge in [-0.1, -0.05) is 37.3 Å². The van der Waals surface area contributed by atoms with Gasteiger partial charge in [-0.15, -0.1) is 0 Å². The number of ether oxygens (including phenoxy) is 2. The summed E-state index contributed by atoms with van der Waals surface area (Å²) in [4.78, 5) is 12.0. The number of pyridine rings is 1. The summed E-state index contributed by atoms with van der Waals surface area (Å²) in [6.45, 7) is 8.95. The van der Waals surface area contributed by atoms with Gasteiger partial charge in [-0.2, -0.15) is 0 Å². The average Bonchev–Trinajstić information content (AvgIpc) is 3.27. The van der Waals surface area contributed by atoms with Gasteiger partial charge in [0, 0.05) is 61.1 Å². The van der Waals surface area contributed by atoms with Crippen LogP contribution in [0.4, 0.5) is 20.2 Å². The normalized spacial score (nSPS) is 17.5. The molecule has 48 heavy (non-hydrogen) atoms. The average molecular weight is 659 g/mol. The van der Waals surface area contributed by atoms with Gasteiger partial charge in [0.15, 0.2) is 0 Å². The van der Waals surface area contributed by atoms with Crippen molar-refractivity contribution in [3.63, 3.8) is 0 Å². The zero-order valence-corrected chi connectivity index (χ0v) is 28.3. The number of para-hydroxylation sites is 1. The Morgan fingerprint density at radius 3 is 2.46 bits per heavy atom. The molecule has 2 aliphatic heterocycles. The zero-order valence-electron chi connectivity index (χ0n) is 28.3. The predicted octanol–water partition coefficient (Wildman–Crippen LogP) is 7.49. The molecule has 2 aliphatic rings. The van der Waals surface area contributed by atoms with E-state index >= 15 is 0 Å². The molecule has 0 radical (unpaired) electrons. The highest BCUT2D eigenvalue weighted by Gasteiger charge is 2.24. The van der Waals surface area contributed by atoms with Crippen molar-refractivity contribution >= 4 is 17.2 Å². The fourth-order valence-electron chi connectivity index (χ4n) is 6.15. The number of aliphatic imine (C=N–C) groups is 1. The molecule has 2 unspecified atom stereocenters. The van der Waals surface area contributed by atoms with E-state index in [0.29, 0.717) is 6.61 Å². The first-order chi connectivity index (χ1) is 23.5. The summed E-state index contributed by atoms with van der Waals surface area (Å²) in [5, 5.41) is 10.4. The number of rotatable bonds is 15. The van der Waals surface area contributed by atoms with E-state index in [-0.39, 0.29) is 29.8 Å². The van der Waals surface area contributed by atoms with E-state index in [0.717, 1.165) is 87.0 Å². The molecule has 3 N–H and O–H groups in total. The molecule has 8 nitrogen and oxygen atoms in total. The first-order valence-electron chi connectivity index (χ1n) is 17.1. The van der Waals surface area contributed by atoms with Crippen molar-refractivity contribution in [3.8, 4) is 5.75 Å². The van der Waals surface area contributed by atoms with Crippen LogP contribution in [0.2, 0.25) is 0 Å². The van der Waals surface area contributed by atoms with Crippen LogP contribution < -0.4 is 20.7 Å². The van der Waals surface area contributed by atoms with E-state index in [1.165, 1.54) is 17.7 Å². The van der Waals surface area contributed by atoms with Crippen molar-refractivity contribution in [1.29, 1.82) is 0 Å². The number of hydrogen-bond donors (Lipinski definition) is 3. The van der Waals surface area contributed by atoms with Crippen LogP contribution in [0, 0.1) is 17.6 Å². The van der Waals surface area contributed by atoms with Gasteiger partial charge in [0.05, 0.1) is 31.6 Å². The minimum Gasteiger partial charge on any atom is -0.494 e. The molecule has 3 heterocycles. The summed E-state index contributed by atoms with van der Waals surface area (Å²) in [5.74, 6) is -0.120. The number of halogens is 2. The van der Waals surface area contributed by atoms with Gasteiger partial charge in [0.1, 0.15) is 23.2 Å². The second kappa shape index (κ2) is 17.9. The van der Waals surface area contributed by atoms with E-state index in [1.807, 2.05) is 43.4 Å². The van der Waals surface area contributed by atoms with Crippen LogP contribution in [0.5, 0.6) is 5.75 Å². The van der Waals surface area contributed by atoms with E-state index in [2.05, 4.69) is 44.9 Å². The van der Waals surface area contributed by atoms with E-state index < -0.39 is 11.6 Å². The van der Waals surface area contributed by atoms with Gasteiger partial charge < -0.3 is 25.4 Å². The monoisotopic (exact) mass is 658 g/mol. The molecule has 2 atom stereocenters. The Morgan fingerprint density at radius 2 is 1.75 bits per heavy atom. The van der Waals surface area contributed by atoms with Crippen LogP contribution in [-0.2, 0) is 11.3 Å². The molecule has 5 rings (SSSR count). The molecular formula is C38H48F2N6O2. The molecule has 10 heteroatoms. The maximum absolute atomic E-state index is 14.9. The Balaban J connectivity index is 1.40. The Hall–Kier alpha value is -4.12. The summed E-state index contributed by atoms with van der Waals surface area (Å²) >= 11 is 0. The fraction of sp³-hybridized carbons (Fsp3) is 0.421. The molecular weight excluding hydrogens is 610 g/mol. The molecule has 0 aliphatic carbocycles. The summed E-state index contributed by atoms with van der Waals surface area (Å²) in [7, 11) is 1.91. The smallest absolute Gasteiger partial charge is 0.134 e. The lowest BCUT2D eigenvalue weighted by Crippen LogP contribution is -2.36. The van der Waals surface area contributed by atoms with E-state index in [1.54, 1.807) is 19.3 Å². The van der Waals surface area contributed by atoms with Crippen LogP contribution >= 0.6 is 0 Å². The first kappa shape index (κ1) is 35.2. The Labute approximate surface area is 283 Å². The molecule has 1 fully saturated rings. The number of amidine groups is 1. The van der Waals surface area contributed by atoms with Crippen LogP contribution in [0.1, 0.15) is 56.7 Å². The van der Waals surface area contributed by atoms with E-state index in [9.17, 15) is 8.78 Å². The quantitative estimate of drug-likeness (QED) is 0.146. The van der Waals surface area contributed by atoms with Gasteiger partial charge in [-0.05, 0) is 81.5 Å². The topological polar surface area (TPSA) is 83.0 Å². The molecule has 1 aromatic heterocycles. The van der Waals surface area contributed by atoms with Gasteiger partial charge in [0.25, 0.3) is 0 Å². The number of aromatic nitrogens is 1. The number of benzene rings is 2. The Kier molecular flexibility index (Phi) is 13.1. The number of anilines is 2. The predicted molar refractivity (Wildman–Crippen MR) is 189 cm³/mol. The second-order valence-electron chi connectivity index (χ2n) is 12.0. The minimum atomic E-state index is -0.647. The first-order valence-corrected chi connectivity index (χ1v) is 17.1. The number of allylic oxidation sites excluding steroid dienone is 2. The van der Waals surface area contributed by atoms with Crippen LogP contribution in [-0.4, -0.2) is 62.2 Å². The molecule has 256 valence electrons. The number of unbranched alkanes of at least 4 members (excludes halogenated alkanes) is 1. The lowest BCUT2D eigenvalue weighted by molar-refractivity contribution is 0.0372. The standard InChI is InChI=1S/C38H48F2N6O2/c1-4-27-22-28(10-8-9-17-46-18-20-47-21-19-46)38(44-29-13-15-42-16-14-29)45-36(23-27)37(41-3)31-11-6-7-12-35(31)43-26-32-33(39)24-30(48-5-2)25-34(32)40/h6-7,11-16,22-25,27,37,41,43H,4-5,8-10,17-21,26H2,1-3H3,(H,42,44,45). The molecule has 0 saturated carbocycles. The van der Waals surface area contributed by atoms with Crippen molar-refractivity contribution in [2.75, 3.05) is 57.1 Å². The molecule has 3 aromatic rings. The van der Waals surface area contributed by atoms with Crippen molar-refractivity contribution in [1.82, 2.24) is 15.2 Å². The molecule has 0 bridgehead atoms. The summed E-state index contributed by atoms with van der Waals surface area (Å²) in [6.07, 6.45) is 12.1. The number of hydrogen-bond acceptors (Lipinski definition) is 8. The minimum absolute atomic E-state index is 0.0254. The number of nitrogens with one attached hydrogen (secondary N) is 3. The summed E-state index contributed by atoms with van der Waals surface area (Å²) in [5.41, 5.74) is 4.62. The third-order valence-corrected chi connectivity index (χ3v) is 8.77. The highest BCUT2D eigenvalue weighted by atomic mass is 19.1. The van der Waals surface area contributed by atoms with E-state index in [4.69, 9.17) is 14.5 Å². The van der Waals surface area contributed by atoms with Crippen LogP contribution in [0.25, 0.3) is 0 Å². The lowest BCUT2D eigenvalue weighted by atomic mass is 9.96. The summed E-state index contributed by atoms with van der Waals surface area (Å²) < 4.78 is 40.7. The Bertz CT molecular complexity index is 1550. The highest BCUT2D eigenvalue weighted by Crippen LogP contribution is 2.34. The van der Waals surface area contributed by atoms with Crippen molar-refractivity contribution < 1.29 is 18.3 Å². The van der Waals surface area contributed by atoms with Crippen LogP contribution in [0.3, 0.4) is 0 Å². The molecule has 0 amide bonds. The zero-order chi connectivity index (χ0) is 33.7. The third-order valence-electron chi connectivity index (χ3n) is 8.77. The fourth-order valence-corrected chi connectivity index (χ4v) is 6.15. The SMILES string of the molecule is CCOc1cc(F)c(CNc2ccccc2C(NC)C2=CC(CC)C=C(CCCCN3CCOCC3)C(Nc3ccncc3)=N2)c(F)c1. The van der Waals surface area contributed by atoms with Crippen LogP contribution in [0.15, 0.2) is 89.3 Å². The second-order valence-corrected chi connectivity index (χ2v) is 12.0. The lowest BCUT2D eigenvalue weighted by Gasteiger charge is -2.26. The van der Waals surface area contributed by atoms with Gasteiger partial charge in [-0.3, -0.25) is 9.88 Å². The van der Waals surface area contributed by atoms with Gasteiger partial charge in [-0.25, -0.2) is 13.8 Å². The van der Waals surface area contributed by atoms with Gasteiger partial charge >= 0.3 is 0 Å². The Morgan fingerprint density at radius 1 is 1.00 bits per heavy atom. The van der Waals surface area contributed by atoms with Crippen molar-refractivity contribution in [2.45, 2.75) is 52.1 Å². The summed E-state index contributed by atoms with van der Waals surface area (Å²) in [6, 6.07) is 13.9. The molecule has 0 spiro atoms. The van der Waals surface area contributed by atoms with Gasteiger partial charge in [0.2, 0.25) is 0 Å². The number of morpholine rings is 1. The maximum Gasteiger partial charge on any atom is 0.134 e. The molecule has 1 saturated heterocycles. The number of nitrogens with zero attached hydrogens (tertiary/aromatic N) is 3. The maximum atomic E-state index is 14.9. The van der Waals surface area contributed by atoms with Crippen molar-refractivity contribution in [3.05, 3.63) is 107 Å². The number of likely N-dealkylation sites (N-methyl/N-ethyl adjacent to an activating group) is 1. The highest BCUT2D eigenvalue weighted by molar-refractivity contribution is 6.08.